The van der Waals surface area contributed by atoms with Gasteiger partial charge in [0.1, 0.15) is 12.2 Å². The number of nitrogens with one attached hydrogen (secondary N) is 1. The minimum Gasteiger partial charge on any atom is -0.471 e. The number of halogens is 4. The van der Waals surface area contributed by atoms with Crippen LogP contribution in [0.5, 0.6) is 11.6 Å². The highest BCUT2D eigenvalue weighted by Gasteiger charge is 2.30. The van der Waals surface area contributed by atoms with Gasteiger partial charge in [-0.1, -0.05) is 29.8 Å². The third kappa shape index (κ3) is 5.41. The summed E-state index contributed by atoms with van der Waals surface area (Å²) in [6.45, 7) is -0.198. The summed E-state index contributed by atoms with van der Waals surface area (Å²) < 4.78 is 45.3. The summed E-state index contributed by atoms with van der Waals surface area (Å²) >= 11 is 5.85. The molecule has 6 nitrogen and oxygen atoms in total. The lowest BCUT2D eigenvalue weighted by molar-refractivity contribution is -0.137. The first-order valence-electron chi connectivity index (χ1n) is 8.28. The number of hydrogen-bond acceptors (Lipinski definition) is 4. The van der Waals surface area contributed by atoms with Crippen molar-refractivity contribution in [2.45, 2.75) is 12.8 Å². The molecular formula is C19H15ClF3N3O3. The maximum Gasteiger partial charge on any atom is 0.416 e. The predicted octanol–water partition coefficient (Wildman–Crippen LogP) is 4.40. The van der Waals surface area contributed by atoms with Gasteiger partial charge in [0.15, 0.2) is 5.75 Å². The highest BCUT2D eigenvalue weighted by Crippen LogP contribution is 2.30. The van der Waals surface area contributed by atoms with Gasteiger partial charge in [-0.05, 0) is 29.8 Å². The Balaban J connectivity index is 1.68. The second-order valence-corrected chi connectivity index (χ2v) is 6.44. The number of ether oxygens (including phenoxy) is 1. The fraction of sp³-hybridized carbons (Fsp3) is 0.158. The van der Waals surface area contributed by atoms with Crippen molar-refractivity contribution in [1.29, 1.82) is 0 Å². The molecule has 0 saturated heterocycles. The van der Waals surface area contributed by atoms with Crippen LogP contribution in [0.25, 0.3) is 0 Å². The monoisotopic (exact) mass is 425 g/mol. The molecule has 0 radical (unpaired) electrons. The van der Waals surface area contributed by atoms with Crippen LogP contribution in [-0.2, 0) is 19.8 Å². The molecule has 3 rings (SSSR count). The summed E-state index contributed by atoms with van der Waals surface area (Å²) in [5.74, 6) is -0.365. The van der Waals surface area contributed by atoms with E-state index in [0.29, 0.717) is 10.8 Å². The molecule has 0 unspecified atom stereocenters. The molecule has 0 fully saturated rings. The van der Waals surface area contributed by atoms with Crippen molar-refractivity contribution in [2.75, 3.05) is 0 Å². The Morgan fingerprint density at radius 3 is 2.69 bits per heavy atom. The number of alkyl halides is 3. The molecule has 1 heterocycles. The molecule has 1 aromatic heterocycles. The molecule has 152 valence electrons. The van der Waals surface area contributed by atoms with Crippen LogP contribution in [0.1, 0.15) is 21.5 Å². The Hall–Kier alpha value is -3.20. The van der Waals surface area contributed by atoms with Crippen LogP contribution in [0.4, 0.5) is 13.2 Å². The minimum atomic E-state index is -4.45. The van der Waals surface area contributed by atoms with Gasteiger partial charge in [-0.3, -0.25) is 9.48 Å². The molecule has 10 heteroatoms. The molecule has 2 aromatic carbocycles. The van der Waals surface area contributed by atoms with Gasteiger partial charge >= 0.3 is 6.18 Å². The van der Waals surface area contributed by atoms with E-state index in [-0.39, 0.29) is 23.6 Å². The molecule has 1 N–H and O–H groups in total. The SMILES string of the molecule is Cn1cc(C(=O)NOc2cccc(Cl)c2)c(OCc2cccc(C(F)(F)F)c2)n1. The van der Waals surface area contributed by atoms with E-state index < -0.39 is 17.6 Å². The minimum absolute atomic E-state index is 0.0443. The van der Waals surface area contributed by atoms with Crippen molar-refractivity contribution in [3.8, 4) is 11.6 Å². The number of amides is 1. The molecule has 0 saturated carbocycles. The summed E-state index contributed by atoms with van der Waals surface area (Å²) in [5, 5.41) is 4.46. The first-order valence-corrected chi connectivity index (χ1v) is 8.65. The van der Waals surface area contributed by atoms with Crippen molar-refractivity contribution < 1.29 is 27.5 Å². The van der Waals surface area contributed by atoms with Crippen LogP contribution in [-0.4, -0.2) is 15.7 Å². The summed E-state index contributed by atoms with van der Waals surface area (Å²) in [4.78, 5) is 17.6. The van der Waals surface area contributed by atoms with Gasteiger partial charge in [-0.15, -0.1) is 5.10 Å². The summed E-state index contributed by atoms with van der Waals surface area (Å²) in [6, 6.07) is 11.1. The number of hydrogen-bond donors (Lipinski definition) is 1. The van der Waals surface area contributed by atoms with Gasteiger partial charge in [0.2, 0.25) is 5.88 Å². The smallest absolute Gasteiger partial charge is 0.416 e. The third-order valence-electron chi connectivity index (χ3n) is 3.73. The lowest BCUT2D eigenvalue weighted by Crippen LogP contribution is -2.27. The molecule has 1 amide bonds. The Morgan fingerprint density at radius 1 is 1.21 bits per heavy atom. The zero-order chi connectivity index (χ0) is 21.0. The average Bonchev–Trinajstić information content (AvgIpc) is 3.05. The maximum absolute atomic E-state index is 12.8. The maximum atomic E-state index is 12.8. The zero-order valence-electron chi connectivity index (χ0n) is 15.0. The quantitative estimate of drug-likeness (QED) is 0.595. The Morgan fingerprint density at radius 2 is 1.97 bits per heavy atom. The number of carbonyl (C=O) groups is 1. The van der Waals surface area contributed by atoms with Gasteiger partial charge < -0.3 is 9.57 Å². The van der Waals surface area contributed by atoms with Crippen LogP contribution >= 0.6 is 11.6 Å². The zero-order valence-corrected chi connectivity index (χ0v) is 15.8. The van der Waals surface area contributed by atoms with Crippen molar-refractivity contribution >= 4 is 17.5 Å². The number of hydroxylamine groups is 1. The topological polar surface area (TPSA) is 65.4 Å². The molecule has 29 heavy (non-hydrogen) atoms. The second kappa shape index (κ2) is 8.44. The summed E-state index contributed by atoms with van der Waals surface area (Å²) in [7, 11) is 1.58. The largest absolute Gasteiger partial charge is 0.471 e. The van der Waals surface area contributed by atoms with Crippen LogP contribution in [0.15, 0.2) is 54.7 Å². The lowest BCUT2D eigenvalue weighted by atomic mass is 10.1. The molecule has 0 atom stereocenters. The van der Waals surface area contributed by atoms with E-state index >= 15 is 0 Å². The number of carbonyl (C=O) groups excluding carboxylic acids is 1. The van der Waals surface area contributed by atoms with Crippen molar-refractivity contribution in [3.05, 3.63) is 76.4 Å². The molecular weight excluding hydrogens is 411 g/mol. The molecule has 0 bridgehead atoms. The number of aromatic nitrogens is 2. The standard InChI is InChI=1S/C19H15ClF3N3O3/c1-26-10-16(17(27)25-29-15-7-3-6-14(20)9-15)18(24-26)28-11-12-4-2-5-13(8-12)19(21,22)23/h2-10H,11H2,1H3,(H,25,27). The Kier molecular flexibility index (Phi) is 5.97. The molecule has 3 aromatic rings. The van der Waals surface area contributed by atoms with Gasteiger partial charge in [-0.25, -0.2) is 0 Å². The number of nitrogens with zero attached hydrogens (tertiary/aromatic N) is 2. The normalized spacial score (nSPS) is 11.2. The van der Waals surface area contributed by atoms with E-state index in [9.17, 15) is 18.0 Å². The Bertz CT molecular complexity index is 1020. The van der Waals surface area contributed by atoms with E-state index in [1.807, 2.05) is 0 Å². The van der Waals surface area contributed by atoms with Crippen molar-refractivity contribution in [3.63, 3.8) is 0 Å². The van der Waals surface area contributed by atoms with Crippen LogP contribution in [0, 0.1) is 0 Å². The molecule has 0 aliphatic heterocycles. The van der Waals surface area contributed by atoms with Crippen LogP contribution in [0.3, 0.4) is 0 Å². The predicted molar refractivity (Wildman–Crippen MR) is 98.5 cm³/mol. The van der Waals surface area contributed by atoms with Gasteiger partial charge in [0.05, 0.1) is 5.56 Å². The lowest BCUT2D eigenvalue weighted by Gasteiger charge is -2.10. The van der Waals surface area contributed by atoms with Crippen LogP contribution < -0.4 is 15.1 Å². The van der Waals surface area contributed by atoms with Gasteiger partial charge in [0, 0.05) is 24.3 Å². The summed E-state index contributed by atoms with van der Waals surface area (Å²) in [6.07, 6.45) is -3.05. The molecule has 0 spiro atoms. The molecule has 0 aliphatic carbocycles. The van der Waals surface area contributed by atoms with Crippen molar-refractivity contribution in [2.24, 2.45) is 7.05 Å². The fourth-order valence-electron chi connectivity index (χ4n) is 2.41. The summed E-state index contributed by atoms with van der Waals surface area (Å²) in [5.41, 5.74) is 1.80. The van der Waals surface area contributed by atoms with E-state index in [1.54, 1.807) is 25.2 Å². The first-order chi connectivity index (χ1) is 13.7. The fourth-order valence-corrected chi connectivity index (χ4v) is 2.59. The number of rotatable bonds is 6. The number of benzene rings is 2. The third-order valence-corrected chi connectivity index (χ3v) is 3.96. The highest BCUT2D eigenvalue weighted by atomic mass is 35.5. The number of aryl methyl sites for hydroxylation is 1. The average molecular weight is 426 g/mol. The second-order valence-electron chi connectivity index (χ2n) is 6.00. The van der Waals surface area contributed by atoms with E-state index in [1.165, 1.54) is 29.1 Å². The van der Waals surface area contributed by atoms with E-state index in [4.69, 9.17) is 21.2 Å². The van der Waals surface area contributed by atoms with Gasteiger partial charge in [0.25, 0.3) is 5.91 Å². The Labute approximate surface area is 168 Å². The van der Waals surface area contributed by atoms with Crippen molar-refractivity contribution in [1.82, 2.24) is 15.3 Å². The van der Waals surface area contributed by atoms with Crippen LogP contribution in [0.2, 0.25) is 5.02 Å². The first kappa shape index (κ1) is 20.5. The molecule has 0 aliphatic rings. The van der Waals surface area contributed by atoms with E-state index in [2.05, 4.69) is 10.6 Å². The highest BCUT2D eigenvalue weighted by molar-refractivity contribution is 6.30. The van der Waals surface area contributed by atoms with E-state index in [0.717, 1.165) is 12.1 Å². The van der Waals surface area contributed by atoms with Gasteiger partial charge in [-0.2, -0.15) is 18.7 Å².